The summed E-state index contributed by atoms with van der Waals surface area (Å²) < 4.78 is 28.5. The minimum Gasteiger partial charge on any atom is -0.331 e. The van der Waals surface area contributed by atoms with Gasteiger partial charge in [0.05, 0.1) is 16.4 Å². The molecule has 0 aliphatic heterocycles. The predicted octanol–water partition coefficient (Wildman–Crippen LogP) is 5.91. The fourth-order valence-electron chi connectivity index (χ4n) is 2.52. The van der Waals surface area contributed by atoms with Crippen molar-refractivity contribution in [3.63, 3.8) is 0 Å². The summed E-state index contributed by atoms with van der Waals surface area (Å²) in [6, 6.07) is 18.5. The summed E-state index contributed by atoms with van der Waals surface area (Å²) in [6.45, 7) is 1.81. The Kier molecular flexibility index (Phi) is 6.64. The standard InChI is InChI=1S/C20H17Cl2N3O2S2/c1-13-6-11-18(24-20(28)23-17-5-3-2-4-16(17)22)19(12-13)29(26,27)25-15-9-7-14(21)8-10-15/h2-12,25H,1H3,(H2,23,24,28). The van der Waals surface area contributed by atoms with Gasteiger partial charge in [-0.15, -0.1) is 0 Å². The number of rotatable bonds is 5. The van der Waals surface area contributed by atoms with Crippen molar-refractivity contribution >= 4 is 67.6 Å². The van der Waals surface area contributed by atoms with E-state index < -0.39 is 10.0 Å². The van der Waals surface area contributed by atoms with E-state index in [1.54, 1.807) is 60.7 Å². The van der Waals surface area contributed by atoms with Gasteiger partial charge in [0.2, 0.25) is 0 Å². The Hall–Kier alpha value is -2.32. The van der Waals surface area contributed by atoms with Gasteiger partial charge in [-0.2, -0.15) is 0 Å². The number of para-hydroxylation sites is 1. The van der Waals surface area contributed by atoms with Crippen LogP contribution in [0, 0.1) is 6.92 Å². The molecule has 0 bridgehead atoms. The quantitative estimate of drug-likeness (QED) is 0.408. The predicted molar refractivity (Wildman–Crippen MR) is 125 cm³/mol. The van der Waals surface area contributed by atoms with E-state index in [-0.39, 0.29) is 10.0 Å². The molecular formula is C20H17Cl2N3O2S2. The fourth-order valence-corrected chi connectivity index (χ4v) is 4.36. The lowest BCUT2D eigenvalue weighted by atomic mass is 10.2. The maximum Gasteiger partial charge on any atom is 0.263 e. The number of hydrogen-bond acceptors (Lipinski definition) is 3. The Balaban J connectivity index is 1.86. The van der Waals surface area contributed by atoms with Crippen molar-refractivity contribution < 1.29 is 8.42 Å². The molecule has 3 aromatic carbocycles. The smallest absolute Gasteiger partial charge is 0.263 e. The first-order valence-corrected chi connectivity index (χ1v) is 11.1. The first-order chi connectivity index (χ1) is 13.7. The summed E-state index contributed by atoms with van der Waals surface area (Å²) >= 11 is 17.3. The number of anilines is 3. The fraction of sp³-hybridized carbons (Fsp3) is 0.0500. The van der Waals surface area contributed by atoms with Gasteiger partial charge in [0.25, 0.3) is 10.0 Å². The molecular weight excluding hydrogens is 449 g/mol. The average molecular weight is 466 g/mol. The normalized spacial score (nSPS) is 11.0. The second kappa shape index (κ2) is 9.00. The van der Waals surface area contributed by atoms with Gasteiger partial charge in [0.1, 0.15) is 4.90 Å². The Morgan fingerprint density at radius 1 is 0.897 bits per heavy atom. The monoisotopic (exact) mass is 465 g/mol. The maximum atomic E-state index is 13.0. The molecule has 3 aromatic rings. The van der Waals surface area contributed by atoms with E-state index in [0.29, 0.717) is 27.1 Å². The van der Waals surface area contributed by atoms with Gasteiger partial charge in [-0.05, 0) is 73.2 Å². The number of thiocarbonyl (C=S) groups is 1. The largest absolute Gasteiger partial charge is 0.331 e. The highest BCUT2D eigenvalue weighted by Gasteiger charge is 2.20. The van der Waals surface area contributed by atoms with Crippen LogP contribution in [0.2, 0.25) is 10.0 Å². The van der Waals surface area contributed by atoms with Crippen LogP contribution in [0.3, 0.4) is 0 Å². The zero-order chi connectivity index (χ0) is 21.0. The van der Waals surface area contributed by atoms with Crippen molar-refractivity contribution in [2.24, 2.45) is 0 Å². The summed E-state index contributed by atoms with van der Waals surface area (Å²) in [4.78, 5) is 0.0655. The molecule has 0 saturated carbocycles. The maximum absolute atomic E-state index is 13.0. The number of hydrogen-bond donors (Lipinski definition) is 3. The third-order valence-corrected chi connectivity index (χ3v) is 6.10. The van der Waals surface area contributed by atoms with Gasteiger partial charge in [-0.25, -0.2) is 8.42 Å². The van der Waals surface area contributed by atoms with Crippen LogP contribution in [0.25, 0.3) is 0 Å². The molecule has 0 aliphatic rings. The molecule has 0 aliphatic carbocycles. The zero-order valence-corrected chi connectivity index (χ0v) is 18.4. The molecule has 3 N–H and O–H groups in total. The van der Waals surface area contributed by atoms with Crippen LogP contribution in [-0.2, 0) is 10.0 Å². The Labute approximate surface area is 185 Å². The molecule has 0 atom stereocenters. The molecule has 0 spiro atoms. The number of halogens is 2. The molecule has 0 saturated heterocycles. The molecule has 150 valence electrons. The van der Waals surface area contributed by atoms with Gasteiger partial charge < -0.3 is 10.6 Å². The van der Waals surface area contributed by atoms with E-state index in [9.17, 15) is 8.42 Å². The number of sulfonamides is 1. The molecule has 0 aromatic heterocycles. The molecule has 29 heavy (non-hydrogen) atoms. The average Bonchev–Trinajstić information content (AvgIpc) is 2.67. The molecule has 5 nitrogen and oxygen atoms in total. The van der Waals surface area contributed by atoms with Gasteiger partial charge in [-0.1, -0.05) is 41.4 Å². The summed E-state index contributed by atoms with van der Waals surface area (Å²) in [6.07, 6.45) is 0. The topological polar surface area (TPSA) is 70.2 Å². The van der Waals surface area contributed by atoms with E-state index in [0.717, 1.165) is 5.56 Å². The van der Waals surface area contributed by atoms with E-state index in [2.05, 4.69) is 15.4 Å². The summed E-state index contributed by atoms with van der Waals surface area (Å²) in [7, 11) is -3.88. The van der Waals surface area contributed by atoms with Crippen LogP contribution in [0.5, 0.6) is 0 Å². The molecule has 3 rings (SSSR count). The lowest BCUT2D eigenvalue weighted by Crippen LogP contribution is -2.22. The summed E-state index contributed by atoms with van der Waals surface area (Å²) in [5.74, 6) is 0. The lowest BCUT2D eigenvalue weighted by molar-refractivity contribution is 0.601. The first-order valence-electron chi connectivity index (χ1n) is 8.46. The first kappa shape index (κ1) is 21.4. The van der Waals surface area contributed by atoms with Crippen molar-refractivity contribution in [1.29, 1.82) is 0 Å². The lowest BCUT2D eigenvalue weighted by Gasteiger charge is -2.16. The Morgan fingerprint density at radius 2 is 1.55 bits per heavy atom. The third-order valence-electron chi connectivity index (χ3n) is 3.89. The number of nitrogens with one attached hydrogen (secondary N) is 3. The number of benzene rings is 3. The van der Waals surface area contributed by atoms with Crippen LogP contribution in [0.4, 0.5) is 17.1 Å². The second-order valence-electron chi connectivity index (χ2n) is 6.17. The SMILES string of the molecule is Cc1ccc(NC(=S)Nc2ccccc2Cl)c(S(=O)(=O)Nc2ccc(Cl)cc2)c1. The van der Waals surface area contributed by atoms with Crippen LogP contribution in [-0.4, -0.2) is 13.5 Å². The number of aryl methyl sites for hydroxylation is 1. The molecule has 9 heteroatoms. The molecule has 0 radical (unpaired) electrons. The van der Waals surface area contributed by atoms with Crippen LogP contribution < -0.4 is 15.4 Å². The van der Waals surface area contributed by atoms with E-state index in [1.807, 2.05) is 13.0 Å². The van der Waals surface area contributed by atoms with Crippen molar-refractivity contribution in [3.05, 3.63) is 82.3 Å². The molecule has 0 fully saturated rings. The summed E-state index contributed by atoms with van der Waals surface area (Å²) in [5, 5.41) is 7.13. The van der Waals surface area contributed by atoms with Gasteiger partial charge in [0, 0.05) is 10.7 Å². The van der Waals surface area contributed by atoms with Crippen molar-refractivity contribution in [2.75, 3.05) is 15.4 Å². The van der Waals surface area contributed by atoms with E-state index in [4.69, 9.17) is 35.4 Å². The van der Waals surface area contributed by atoms with E-state index in [1.165, 1.54) is 0 Å². The molecule has 0 heterocycles. The molecule has 0 amide bonds. The van der Waals surface area contributed by atoms with Crippen molar-refractivity contribution in [1.82, 2.24) is 0 Å². The van der Waals surface area contributed by atoms with Crippen LogP contribution in [0.15, 0.2) is 71.6 Å². The highest BCUT2D eigenvalue weighted by Crippen LogP contribution is 2.27. The summed E-state index contributed by atoms with van der Waals surface area (Å²) in [5.41, 5.74) is 2.14. The minimum atomic E-state index is -3.88. The Bertz CT molecular complexity index is 1150. The van der Waals surface area contributed by atoms with Gasteiger partial charge in [-0.3, -0.25) is 4.72 Å². The van der Waals surface area contributed by atoms with Crippen molar-refractivity contribution in [3.8, 4) is 0 Å². The second-order valence-corrected chi connectivity index (χ2v) is 9.07. The third kappa shape index (κ3) is 5.61. The molecule has 0 unspecified atom stereocenters. The highest BCUT2D eigenvalue weighted by atomic mass is 35.5. The minimum absolute atomic E-state index is 0.0655. The van der Waals surface area contributed by atoms with Gasteiger partial charge in [0.15, 0.2) is 5.11 Å². The van der Waals surface area contributed by atoms with Crippen molar-refractivity contribution in [2.45, 2.75) is 11.8 Å². The van der Waals surface area contributed by atoms with Crippen LogP contribution in [0.1, 0.15) is 5.56 Å². The zero-order valence-electron chi connectivity index (χ0n) is 15.2. The van der Waals surface area contributed by atoms with Crippen LogP contribution >= 0.6 is 35.4 Å². The van der Waals surface area contributed by atoms with Gasteiger partial charge >= 0.3 is 0 Å². The van der Waals surface area contributed by atoms with E-state index >= 15 is 0 Å². The Morgan fingerprint density at radius 3 is 2.24 bits per heavy atom. The highest BCUT2D eigenvalue weighted by molar-refractivity contribution is 7.93.